The van der Waals surface area contributed by atoms with E-state index >= 15 is 0 Å². The van der Waals surface area contributed by atoms with Crippen LogP contribution in [0.3, 0.4) is 0 Å². The third-order valence-electron chi connectivity index (χ3n) is 4.70. The predicted molar refractivity (Wildman–Crippen MR) is 82.3 cm³/mol. The molecule has 2 N–H and O–H groups in total. The van der Waals surface area contributed by atoms with Crippen LogP contribution in [0.2, 0.25) is 0 Å². The van der Waals surface area contributed by atoms with Crippen LogP contribution in [0.4, 0.5) is 0 Å². The minimum atomic E-state index is 0.0994. The lowest BCUT2D eigenvalue weighted by molar-refractivity contribution is 0.255. The number of hydrogen-bond acceptors (Lipinski definition) is 3. The first kappa shape index (κ1) is 15.2. The van der Waals surface area contributed by atoms with E-state index in [1.165, 1.54) is 36.8 Å². The number of nitrogens with two attached hydrogens (primary N) is 1. The molecule has 3 heteroatoms. The average Bonchev–Trinajstić information content (AvgIpc) is 2.47. The molecule has 0 heterocycles. The molecule has 0 bridgehead atoms. The van der Waals surface area contributed by atoms with Gasteiger partial charge in [0, 0.05) is 6.04 Å². The van der Waals surface area contributed by atoms with Gasteiger partial charge in [-0.2, -0.15) is 0 Å². The van der Waals surface area contributed by atoms with Crippen molar-refractivity contribution >= 4 is 0 Å². The Labute approximate surface area is 122 Å². The molecule has 0 saturated heterocycles. The Balaban J connectivity index is 2.23. The van der Waals surface area contributed by atoms with Gasteiger partial charge in [0.05, 0.1) is 14.2 Å². The Morgan fingerprint density at radius 1 is 1.05 bits per heavy atom. The third-order valence-corrected chi connectivity index (χ3v) is 4.70. The summed E-state index contributed by atoms with van der Waals surface area (Å²) in [5.74, 6) is 2.99. The van der Waals surface area contributed by atoms with Gasteiger partial charge in [-0.15, -0.1) is 0 Å². The van der Waals surface area contributed by atoms with E-state index in [2.05, 4.69) is 19.9 Å². The van der Waals surface area contributed by atoms with Crippen LogP contribution in [0.25, 0.3) is 0 Å². The summed E-state index contributed by atoms with van der Waals surface area (Å²) in [6.07, 6.45) is 5.06. The van der Waals surface area contributed by atoms with Crippen LogP contribution in [-0.2, 0) is 0 Å². The topological polar surface area (TPSA) is 44.5 Å². The number of benzene rings is 1. The van der Waals surface area contributed by atoms with Gasteiger partial charge in [0.2, 0.25) is 0 Å². The van der Waals surface area contributed by atoms with E-state index in [0.717, 1.165) is 17.4 Å². The van der Waals surface area contributed by atoms with Gasteiger partial charge in [-0.25, -0.2) is 0 Å². The van der Waals surface area contributed by atoms with Gasteiger partial charge in [-0.3, -0.25) is 0 Å². The van der Waals surface area contributed by atoms with E-state index in [9.17, 15) is 0 Å². The van der Waals surface area contributed by atoms with Crippen molar-refractivity contribution in [3.63, 3.8) is 0 Å². The van der Waals surface area contributed by atoms with Crippen LogP contribution in [-0.4, -0.2) is 14.2 Å². The first-order valence-electron chi connectivity index (χ1n) is 7.55. The van der Waals surface area contributed by atoms with Crippen LogP contribution in [0.15, 0.2) is 12.1 Å². The highest BCUT2D eigenvalue weighted by Gasteiger charge is 2.26. The third kappa shape index (κ3) is 3.09. The van der Waals surface area contributed by atoms with Gasteiger partial charge in [0.1, 0.15) is 0 Å². The van der Waals surface area contributed by atoms with Gasteiger partial charge >= 0.3 is 0 Å². The summed E-state index contributed by atoms with van der Waals surface area (Å²) in [5, 5.41) is 0. The molecule has 0 aromatic heterocycles. The monoisotopic (exact) mass is 277 g/mol. The van der Waals surface area contributed by atoms with Crippen LogP contribution >= 0.6 is 0 Å². The zero-order valence-electron chi connectivity index (χ0n) is 13.1. The number of hydrogen-bond donors (Lipinski definition) is 1. The predicted octanol–water partition coefficient (Wildman–Crippen LogP) is 3.84. The summed E-state index contributed by atoms with van der Waals surface area (Å²) in [6.45, 7) is 4.44. The lowest BCUT2D eigenvalue weighted by atomic mass is 9.77. The molecule has 1 fully saturated rings. The smallest absolute Gasteiger partial charge is 0.161 e. The van der Waals surface area contributed by atoms with Crippen molar-refractivity contribution in [1.82, 2.24) is 0 Å². The molecular weight excluding hydrogens is 250 g/mol. The first-order chi connectivity index (χ1) is 9.56. The summed E-state index contributed by atoms with van der Waals surface area (Å²) in [6, 6.07) is 4.18. The first-order valence-corrected chi connectivity index (χ1v) is 7.55. The molecule has 0 amide bonds. The molecule has 1 atom stereocenters. The van der Waals surface area contributed by atoms with Crippen molar-refractivity contribution in [1.29, 1.82) is 0 Å². The number of methoxy groups -OCH3 is 2. The van der Waals surface area contributed by atoms with E-state index in [1.807, 2.05) is 6.07 Å². The molecule has 0 spiro atoms. The summed E-state index contributed by atoms with van der Waals surface area (Å²) in [7, 11) is 3.34. The molecule has 1 aromatic rings. The number of ether oxygens (including phenoxy) is 2. The fourth-order valence-corrected chi connectivity index (χ4v) is 3.25. The standard InChI is InChI=1S/C17H27NO2/c1-11-5-7-13(8-6-11)17(18)14-10-16(20-4)15(19-3)9-12(14)2/h9-11,13,17H,5-8,18H2,1-4H3. The minimum Gasteiger partial charge on any atom is -0.493 e. The van der Waals surface area contributed by atoms with Crippen LogP contribution in [0.1, 0.15) is 49.8 Å². The van der Waals surface area contributed by atoms with E-state index in [4.69, 9.17) is 15.2 Å². The van der Waals surface area contributed by atoms with E-state index in [1.54, 1.807) is 14.2 Å². The van der Waals surface area contributed by atoms with Gasteiger partial charge in [-0.05, 0) is 54.9 Å². The maximum atomic E-state index is 6.53. The molecule has 0 radical (unpaired) electrons. The molecule has 1 aromatic carbocycles. The summed E-state index contributed by atoms with van der Waals surface area (Å²) in [4.78, 5) is 0. The van der Waals surface area contributed by atoms with Crippen LogP contribution in [0, 0.1) is 18.8 Å². The highest BCUT2D eigenvalue weighted by Crippen LogP contribution is 2.39. The molecule has 1 unspecified atom stereocenters. The molecule has 2 rings (SSSR count). The largest absolute Gasteiger partial charge is 0.493 e. The summed E-state index contributed by atoms with van der Waals surface area (Å²) < 4.78 is 10.8. The summed E-state index contributed by atoms with van der Waals surface area (Å²) in [5.41, 5.74) is 8.92. The zero-order valence-corrected chi connectivity index (χ0v) is 13.1. The van der Waals surface area contributed by atoms with Gasteiger partial charge in [0.25, 0.3) is 0 Å². The van der Waals surface area contributed by atoms with Crippen molar-refractivity contribution in [3.05, 3.63) is 23.3 Å². The number of aryl methyl sites for hydroxylation is 1. The normalized spacial score (nSPS) is 24.2. The quantitative estimate of drug-likeness (QED) is 0.909. The van der Waals surface area contributed by atoms with Crippen molar-refractivity contribution in [2.24, 2.45) is 17.6 Å². The molecule has 3 nitrogen and oxygen atoms in total. The Bertz CT molecular complexity index is 451. The lowest BCUT2D eigenvalue weighted by Gasteiger charge is -2.31. The molecule has 1 saturated carbocycles. The maximum absolute atomic E-state index is 6.53. The molecule has 1 aliphatic rings. The van der Waals surface area contributed by atoms with E-state index in [-0.39, 0.29) is 6.04 Å². The van der Waals surface area contributed by atoms with E-state index in [0.29, 0.717) is 5.92 Å². The molecule has 112 valence electrons. The molecular formula is C17H27NO2. The van der Waals surface area contributed by atoms with Crippen molar-refractivity contribution in [3.8, 4) is 11.5 Å². The zero-order chi connectivity index (χ0) is 14.7. The maximum Gasteiger partial charge on any atom is 0.161 e. The van der Waals surface area contributed by atoms with Gasteiger partial charge < -0.3 is 15.2 Å². The Kier molecular flexibility index (Phi) is 4.92. The van der Waals surface area contributed by atoms with Crippen LogP contribution in [0.5, 0.6) is 11.5 Å². The second-order valence-corrected chi connectivity index (χ2v) is 6.11. The van der Waals surface area contributed by atoms with Gasteiger partial charge in [0.15, 0.2) is 11.5 Å². The Hall–Kier alpha value is -1.22. The lowest BCUT2D eigenvalue weighted by Crippen LogP contribution is -2.26. The molecule has 20 heavy (non-hydrogen) atoms. The van der Waals surface area contributed by atoms with Gasteiger partial charge in [-0.1, -0.05) is 19.8 Å². The SMILES string of the molecule is COc1cc(C)c(C(N)C2CCC(C)CC2)cc1OC. The van der Waals surface area contributed by atoms with E-state index < -0.39 is 0 Å². The minimum absolute atomic E-state index is 0.0994. The summed E-state index contributed by atoms with van der Waals surface area (Å²) >= 11 is 0. The fourth-order valence-electron chi connectivity index (χ4n) is 3.25. The van der Waals surface area contributed by atoms with Crippen molar-refractivity contribution < 1.29 is 9.47 Å². The molecule has 1 aliphatic carbocycles. The Morgan fingerprint density at radius 3 is 2.15 bits per heavy atom. The van der Waals surface area contributed by atoms with Crippen molar-refractivity contribution in [2.45, 2.75) is 45.6 Å². The fraction of sp³-hybridized carbons (Fsp3) is 0.647. The van der Waals surface area contributed by atoms with Crippen molar-refractivity contribution in [2.75, 3.05) is 14.2 Å². The van der Waals surface area contributed by atoms with Crippen LogP contribution < -0.4 is 15.2 Å². The second-order valence-electron chi connectivity index (χ2n) is 6.11. The number of rotatable bonds is 4. The average molecular weight is 277 g/mol. The highest BCUT2D eigenvalue weighted by atomic mass is 16.5. The molecule has 0 aliphatic heterocycles. The highest BCUT2D eigenvalue weighted by molar-refractivity contribution is 5.48. The second kappa shape index (κ2) is 6.49. The Morgan fingerprint density at radius 2 is 1.60 bits per heavy atom.